The lowest BCUT2D eigenvalue weighted by atomic mass is 9.90. The Morgan fingerprint density at radius 1 is 0.968 bits per heavy atom. The second-order valence-corrected chi connectivity index (χ2v) is 8.20. The van der Waals surface area contributed by atoms with E-state index in [4.69, 9.17) is 26.6 Å². The molecule has 1 fully saturated rings. The Morgan fingerprint density at radius 2 is 1.58 bits per heavy atom. The fourth-order valence-electron chi connectivity index (χ4n) is 3.21. The van der Waals surface area contributed by atoms with Gasteiger partial charge in [0.15, 0.2) is 0 Å². The molecule has 6 atom stereocenters. The Bertz CT molecular complexity index is 810. The van der Waals surface area contributed by atoms with Crippen LogP contribution in [0.3, 0.4) is 0 Å². The summed E-state index contributed by atoms with van der Waals surface area (Å²) in [5.74, 6) is 0. The fourth-order valence-corrected chi connectivity index (χ4v) is 3.39. The highest BCUT2D eigenvalue weighted by Gasteiger charge is 2.43. The van der Waals surface area contributed by atoms with Crippen LogP contribution in [0.4, 0.5) is 0 Å². The third-order valence-electron chi connectivity index (χ3n) is 5.07. The molecule has 1 aliphatic heterocycles. The summed E-state index contributed by atoms with van der Waals surface area (Å²) in [6, 6.07) is 13.4. The van der Waals surface area contributed by atoms with Gasteiger partial charge in [-0.1, -0.05) is 53.6 Å². The van der Waals surface area contributed by atoms with Gasteiger partial charge in [-0.2, -0.15) is 0 Å². The van der Waals surface area contributed by atoms with Crippen molar-refractivity contribution in [3.63, 3.8) is 0 Å². The van der Waals surface area contributed by atoms with E-state index in [0.29, 0.717) is 17.0 Å². The topological polar surface area (TPSA) is 131 Å². The first-order valence-electron chi connectivity index (χ1n) is 10.1. The van der Waals surface area contributed by atoms with Crippen molar-refractivity contribution in [2.75, 3.05) is 13.2 Å². The predicted molar refractivity (Wildman–Crippen MR) is 117 cm³/mol. The van der Waals surface area contributed by atoms with Crippen molar-refractivity contribution in [3.05, 3.63) is 69.7 Å². The van der Waals surface area contributed by atoms with Crippen LogP contribution in [0.2, 0.25) is 5.02 Å². The number of hydrogen-bond donors (Lipinski definition) is 6. The summed E-state index contributed by atoms with van der Waals surface area (Å²) < 4.78 is 5.62. The molecule has 2 aromatic rings. The van der Waals surface area contributed by atoms with Crippen molar-refractivity contribution < 1.29 is 35.4 Å². The molecule has 1 aliphatic rings. The van der Waals surface area contributed by atoms with Crippen LogP contribution in [0, 0.1) is 6.92 Å². The Labute approximate surface area is 187 Å². The molecular formula is C23H31ClO7. The van der Waals surface area contributed by atoms with Crippen molar-refractivity contribution in [1.29, 1.82) is 0 Å². The summed E-state index contributed by atoms with van der Waals surface area (Å²) >= 11 is 6.33. The number of aliphatic hydroxyl groups excluding tert-OH is 6. The van der Waals surface area contributed by atoms with Gasteiger partial charge in [0.1, 0.15) is 30.5 Å². The standard InChI is InChI=1S/C20H23ClO5.C3H8O2/c1-11-2-4-12(5-3-11)8-14-9-13(6-7-15(14)21)20-19(25)18(24)17(23)16(10-22)26-20;1-3(5)2-4/h2-7,9,16-20,22-25H,8,10H2,1H3;3-5H,2H2,1H3/t16-,17-,18+,19-,20+;3-/m10/s1. The second-order valence-electron chi connectivity index (χ2n) is 7.79. The Hall–Kier alpha value is -1.55. The molecule has 31 heavy (non-hydrogen) atoms. The van der Waals surface area contributed by atoms with Gasteiger partial charge >= 0.3 is 0 Å². The van der Waals surface area contributed by atoms with Gasteiger partial charge in [-0.3, -0.25) is 0 Å². The minimum Gasteiger partial charge on any atom is -0.394 e. The molecule has 172 valence electrons. The van der Waals surface area contributed by atoms with Gasteiger partial charge < -0.3 is 35.4 Å². The predicted octanol–water partition coefficient (Wildman–Crippen LogP) is 1.11. The summed E-state index contributed by atoms with van der Waals surface area (Å²) in [6.45, 7) is 2.96. The van der Waals surface area contributed by atoms with Gasteiger partial charge in [0.25, 0.3) is 0 Å². The van der Waals surface area contributed by atoms with Crippen LogP contribution in [0.5, 0.6) is 0 Å². The largest absolute Gasteiger partial charge is 0.394 e. The molecule has 0 aliphatic carbocycles. The van der Waals surface area contributed by atoms with E-state index in [2.05, 4.69) is 0 Å². The first-order valence-corrected chi connectivity index (χ1v) is 10.5. The Kier molecular flexibility index (Phi) is 9.87. The highest BCUT2D eigenvalue weighted by Crippen LogP contribution is 2.34. The van der Waals surface area contributed by atoms with Crippen LogP contribution >= 0.6 is 11.6 Å². The molecule has 0 saturated carbocycles. The fraction of sp³-hybridized carbons (Fsp3) is 0.478. The number of halogens is 1. The van der Waals surface area contributed by atoms with E-state index in [1.807, 2.05) is 37.3 Å². The maximum Gasteiger partial charge on any atom is 0.113 e. The molecule has 2 aromatic carbocycles. The summed E-state index contributed by atoms with van der Waals surface area (Å²) in [4.78, 5) is 0. The maximum atomic E-state index is 10.3. The van der Waals surface area contributed by atoms with Crippen LogP contribution in [0.1, 0.15) is 35.3 Å². The third kappa shape index (κ3) is 6.97. The minimum atomic E-state index is -1.40. The molecule has 0 radical (unpaired) electrons. The molecular weight excluding hydrogens is 424 g/mol. The highest BCUT2D eigenvalue weighted by atomic mass is 35.5. The molecule has 7 nitrogen and oxygen atoms in total. The van der Waals surface area contributed by atoms with Gasteiger partial charge in [-0.15, -0.1) is 0 Å². The molecule has 0 spiro atoms. The molecule has 0 amide bonds. The first kappa shape index (κ1) is 25.7. The first-order chi connectivity index (χ1) is 14.7. The van der Waals surface area contributed by atoms with Gasteiger partial charge in [-0.05, 0) is 43.0 Å². The SMILES string of the molecule is C[C@H](O)CO.Cc1ccc(Cc2cc([C@@H]3O[C@H](CO)[C@@H](O)[C@H](O)[C@H]3O)ccc2Cl)cc1. The molecule has 8 heteroatoms. The smallest absolute Gasteiger partial charge is 0.113 e. The molecule has 0 unspecified atom stereocenters. The molecule has 1 heterocycles. The number of ether oxygens (including phenoxy) is 1. The van der Waals surface area contributed by atoms with Gasteiger partial charge in [0, 0.05) is 5.02 Å². The van der Waals surface area contributed by atoms with Gasteiger partial charge in [0.05, 0.1) is 19.3 Å². The van der Waals surface area contributed by atoms with E-state index in [1.54, 1.807) is 12.1 Å². The van der Waals surface area contributed by atoms with Gasteiger partial charge in [0.2, 0.25) is 0 Å². The number of aliphatic hydroxyl groups is 6. The molecule has 1 saturated heterocycles. The Morgan fingerprint density at radius 3 is 2.13 bits per heavy atom. The van der Waals surface area contributed by atoms with Crippen LogP contribution < -0.4 is 0 Å². The van der Waals surface area contributed by atoms with Crippen LogP contribution in [0.25, 0.3) is 0 Å². The van der Waals surface area contributed by atoms with E-state index < -0.39 is 43.2 Å². The zero-order chi connectivity index (χ0) is 23.1. The average molecular weight is 455 g/mol. The van der Waals surface area contributed by atoms with Crippen molar-refractivity contribution in [2.45, 2.75) is 56.9 Å². The number of benzene rings is 2. The Balaban J connectivity index is 0.000000614. The molecule has 0 aromatic heterocycles. The lowest BCUT2D eigenvalue weighted by Gasteiger charge is -2.40. The lowest BCUT2D eigenvalue weighted by molar-refractivity contribution is -0.231. The van der Waals surface area contributed by atoms with E-state index in [9.17, 15) is 20.4 Å². The summed E-state index contributed by atoms with van der Waals surface area (Å²) in [6.07, 6.45) is -5.82. The van der Waals surface area contributed by atoms with Crippen molar-refractivity contribution >= 4 is 11.6 Å². The maximum absolute atomic E-state index is 10.3. The average Bonchev–Trinajstić information content (AvgIpc) is 2.76. The summed E-state index contributed by atoms with van der Waals surface area (Å²) in [5.41, 5.74) is 3.77. The van der Waals surface area contributed by atoms with Crippen LogP contribution in [0.15, 0.2) is 42.5 Å². The van der Waals surface area contributed by atoms with E-state index in [0.717, 1.165) is 11.1 Å². The number of aryl methyl sites for hydroxylation is 1. The van der Waals surface area contributed by atoms with E-state index >= 15 is 0 Å². The van der Waals surface area contributed by atoms with Crippen molar-refractivity contribution in [2.24, 2.45) is 0 Å². The van der Waals surface area contributed by atoms with Crippen LogP contribution in [-0.4, -0.2) is 74.4 Å². The van der Waals surface area contributed by atoms with E-state index in [1.165, 1.54) is 12.5 Å². The molecule has 0 bridgehead atoms. The van der Waals surface area contributed by atoms with Crippen molar-refractivity contribution in [1.82, 2.24) is 0 Å². The molecule has 3 rings (SSSR count). The minimum absolute atomic E-state index is 0.139. The number of hydrogen-bond acceptors (Lipinski definition) is 7. The normalized spacial score (nSPS) is 26.7. The second kappa shape index (κ2) is 11.9. The molecule has 6 N–H and O–H groups in total. The zero-order valence-electron chi connectivity index (χ0n) is 17.6. The number of rotatable bonds is 5. The highest BCUT2D eigenvalue weighted by molar-refractivity contribution is 6.31. The van der Waals surface area contributed by atoms with Gasteiger partial charge in [-0.25, -0.2) is 0 Å². The van der Waals surface area contributed by atoms with Crippen LogP contribution in [-0.2, 0) is 11.2 Å². The van der Waals surface area contributed by atoms with E-state index in [-0.39, 0.29) is 6.61 Å². The monoisotopic (exact) mass is 454 g/mol. The van der Waals surface area contributed by atoms with Crippen molar-refractivity contribution in [3.8, 4) is 0 Å². The summed E-state index contributed by atoms with van der Waals surface area (Å²) in [7, 11) is 0. The lowest BCUT2D eigenvalue weighted by Crippen LogP contribution is -2.55. The summed E-state index contributed by atoms with van der Waals surface area (Å²) in [5, 5.41) is 56.2. The quantitative estimate of drug-likeness (QED) is 0.399. The third-order valence-corrected chi connectivity index (χ3v) is 5.44. The zero-order valence-corrected chi connectivity index (χ0v) is 18.4.